The van der Waals surface area contributed by atoms with Crippen molar-refractivity contribution >= 4 is 39.9 Å². The fraction of sp³-hybridized carbons (Fsp3) is 0.316. The summed E-state index contributed by atoms with van der Waals surface area (Å²) in [6.45, 7) is 7.72. The zero-order valence-electron chi connectivity index (χ0n) is 15.1. The Morgan fingerprint density at radius 2 is 2.00 bits per heavy atom. The van der Waals surface area contributed by atoms with Crippen LogP contribution in [0.15, 0.2) is 40.1 Å². The van der Waals surface area contributed by atoms with Gasteiger partial charge in [0.1, 0.15) is 11.6 Å². The summed E-state index contributed by atoms with van der Waals surface area (Å²) in [6.07, 6.45) is 0. The Morgan fingerprint density at radius 1 is 1.23 bits per heavy atom. The maximum absolute atomic E-state index is 12.4. The number of fused-ring (bicyclic) bond motifs is 1. The van der Waals surface area contributed by atoms with Crippen molar-refractivity contribution in [2.75, 3.05) is 5.32 Å². The Hall–Kier alpha value is -2.67. The van der Waals surface area contributed by atoms with Gasteiger partial charge in [0.15, 0.2) is 5.58 Å². The van der Waals surface area contributed by atoms with Crippen LogP contribution in [0.25, 0.3) is 11.1 Å². The summed E-state index contributed by atoms with van der Waals surface area (Å²) in [5.74, 6) is 0.0887. The molecule has 0 aliphatic rings. The molecule has 2 aromatic heterocycles. The van der Waals surface area contributed by atoms with Crippen molar-refractivity contribution < 1.29 is 14.0 Å². The second kappa shape index (κ2) is 6.92. The van der Waals surface area contributed by atoms with Gasteiger partial charge in [-0.2, -0.15) is 0 Å². The van der Waals surface area contributed by atoms with Crippen molar-refractivity contribution in [3.63, 3.8) is 0 Å². The Morgan fingerprint density at radius 3 is 2.65 bits per heavy atom. The number of amides is 2. The second-order valence-corrected chi connectivity index (χ2v) is 8.06. The molecule has 2 N–H and O–H groups in total. The lowest BCUT2D eigenvalue weighted by Crippen LogP contribution is -2.41. The first-order valence-corrected chi connectivity index (χ1v) is 9.18. The SMILES string of the molecule is C[C@@H](NC(=O)c1cccs1)C(=O)Nc1ccc2oc(C(C)(C)C)nc2c1. The lowest BCUT2D eigenvalue weighted by atomic mass is 9.97. The number of nitrogens with zero attached hydrogens (tertiary/aromatic N) is 1. The summed E-state index contributed by atoms with van der Waals surface area (Å²) < 4.78 is 5.75. The zero-order valence-corrected chi connectivity index (χ0v) is 15.9. The largest absolute Gasteiger partial charge is 0.440 e. The Bertz CT molecular complexity index is 939. The number of hydrogen-bond donors (Lipinski definition) is 2. The molecule has 2 amide bonds. The van der Waals surface area contributed by atoms with E-state index >= 15 is 0 Å². The monoisotopic (exact) mass is 371 g/mol. The van der Waals surface area contributed by atoms with Crippen LogP contribution < -0.4 is 10.6 Å². The Kier molecular flexibility index (Phi) is 4.82. The fourth-order valence-electron chi connectivity index (χ4n) is 2.32. The summed E-state index contributed by atoms with van der Waals surface area (Å²) in [7, 11) is 0. The van der Waals surface area contributed by atoms with Gasteiger partial charge in [-0.3, -0.25) is 9.59 Å². The lowest BCUT2D eigenvalue weighted by molar-refractivity contribution is -0.117. The van der Waals surface area contributed by atoms with E-state index in [0.29, 0.717) is 27.6 Å². The summed E-state index contributed by atoms with van der Waals surface area (Å²) in [4.78, 5) is 29.5. The third kappa shape index (κ3) is 3.94. The van der Waals surface area contributed by atoms with Crippen LogP contribution in [0.1, 0.15) is 43.3 Å². The van der Waals surface area contributed by atoms with Crippen molar-refractivity contribution in [2.45, 2.75) is 39.2 Å². The van der Waals surface area contributed by atoms with Crippen LogP contribution in [0.4, 0.5) is 5.69 Å². The van der Waals surface area contributed by atoms with Crippen molar-refractivity contribution in [3.8, 4) is 0 Å². The number of aromatic nitrogens is 1. The van der Waals surface area contributed by atoms with Gasteiger partial charge >= 0.3 is 0 Å². The highest BCUT2D eigenvalue weighted by Crippen LogP contribution is 2.27. The van der Waals surface area contributed by atoms with Crippen molar-refractivity contribution in [1.82, 2.24) is 10.3 Å². The number of benzene rings is 1. The van der Waals surface area contributed by atoms with Crippen LogP contribution in [0.2, 0.25) is 0 Å². The van der Waals surface area contributed by atoms with E-state index in [1.165, 1.54) is 11.3 Å². The number of thiophene rings is 1. The molecule has 3 rings (SSSR count). The van der Waals surface area contributed by atoms with Crippen molar-refractivity contribution in [2.24, 2.45) is 0 Å². The molecule has 3 aromatic rings. The van der Waals surface area contributed by atoms with E-state index in [1.807, 2.05) is 26.2 Å². The van der Waals surface area contributed by atoms with E-state index in [2.05, 4.69) is 15.6 Å². The molecule has 1 atom stereocenters. The topological polar surface area (TPSA) is 84.2 Å². The van der Waals surface area contributed by atoms with Gasteiger partial charge < -0.3 is 15.1 Å². The summed E-state index contributed by atoms with van der Waals surface area (Å²) in [5, 5.41) is 7.31. The average Bonchev–Trinajstić information content (AvgIpc) is 3.23. The second-order valence-electron chi connectivity index (χ2n) is 7.11. The molecule has 6 nitrogen and oxygen atoms in total. The van der Waals surface area contributed by atoms with Crippen molar-refractivity contribution in [1.29, 1.82) is 0 Å². The molecule has 26 heavy (non-hydrogen) atoms. The molecule has 0 bridgehead atoms. The number of carbonyl (C=O) groups is 2. The highest BCUT2D eigenvalue weighted by Gasteiger charge is 2.21. The smallest absolute Gasteiger partial charge is 0.261 e. The molecule has 0 unspecified atom stereocenters. The normalized spacial score (nSPS) is 12.8. The molecule has 0 fully saturated rings. The molecule has 2 heterocycles. The minimum atomic E-state index is -0.664. The minimum Gasteiger partial charge on any atom is -0.440 e. The molecule has 0 saturated carbocycles. The first-order chi connectivity index (χ1) is 12.2. The third-order valence-electron chi connectivity index (χ3n) is 3.78. The maximum Gasteiger partial charge on any atom is 0.261 e. The summed E-state index contributed by atoms with van der Waals surface area (Å²) in [5.41, 5.74) is 1.77. The van der Waals surface area contributed by atoms with Gasteiger partial charge in [0.05, 0.1) is 4.88 Å². The molecule has 136 valence electrons. The minimum absolute atomic E-state index is 0.191. The van der Waals surface area contributed by atoms with Crippen LogP contribution in [0.3, 0.4) is 0 Å². The standard InChI is InChI=1S/C19H21N3O3S/c1-11(20-17(24)15-6-5-9-26-15)16(23)21-12-7-8-14-13(10-12)22-18(25-14)19(2,3)4/h5-11H,1-4H3,(H,20,24)(H,21,23)/t11-/m1/s1. The van der Waals surface area contributed by atoms with Gasteiger partial charge in [-0.1, -0.05) is 26.8 Å². The number of rotatable bonds is 4. The molecule has 0 aliphatic heterocycles. The predicted octanol–water partition coefficient (Wildman–Crippen LogP) is 3.94. The van der Waals surface area contributed by atoms with Gasteiger partial charge in [-0.05, 0) is 36.6 Å². The molecule has 0 spiro atoms. The van der Waals surface area contributed by atoms with Gasteiger partial charge in [0, 0.05) is 11.1 Å². The van der Waals surface area contributed by atoms with Crippen LogP contribution in [0.5, 0.6) is 0 Å². The van der Waals surface area contributed by atoms with E-state index in [9.17, 15) is 9.59 Å². The van der Waals surface area contributed by atoms with Gasteiger partial charge in [-0.15, -0.1) is 11.3 Å². The molecule has 1 aromatic carbocycles. The highest BCUT2D eigenvalue weighted by atomic mass is 32.1. The first-order valence-electron chi connectivity index (χ1n) is 8.30. The van der Waals surface area contributed by atoms with Gasteiger partial charge in [0.25, 0.3) is 5.91 Å². The van der Waals surface area contributed by atoms with Crippen LogP contribution in [0, 0.1) is 0 Å². The number of oxazole rings is 1. The predicted molar refractivity (Wildman–Crippen MR) is 103 cm³/mol. The van der Waals surface area contributed by atoms with Crippen molar-refractivity contribution in [3.05, 3.63) is 46.5 Å². The Labute approximate surface area is 155 Å². The quantitative estimate of drug-likeness (QED) is 0.727. The highest BCUT2D eigenvalue weighted by molar-refractivity contribution is 7.12. The van der Waals surface area contributed by atoms with E-state index in [-0.39, 0.29) is 17.2 Å². The average molecular weight is 371 g/mol. The molecular weight excluding hydrogens is 350 g/mol. The first kappa shape index (κ1) is 18.1. The maximum atomic E-state index is 12.4. The van der Waals surface area contributed by atoms with E-state index in [4.69, 9.17) is 4.42 Å². The van der Waals surface area contributed by atoms with E-state index in [0.717, 1.165) is 0 Å². The summed E-state index contributed by atoms with van der Waals surface area (Å²) in [6, 6.07) is 8.15. The number of hydrogen-bond acceptors (Lipinski definition) is 5. The molecule has 0 aliphatic carbocycles. The van der Waals surface area contributed by atoms with E-state index in [1.54, 1.807) is 37.3 Å². The molecule has 7 heteroatoms. The number of carbonyl (C=O) groups excluding carboxylic acids is 2. The van der Waals surface area contributed by atoms with Crippen LogP contribution in [-0.2, 0) is 10.2 Å². The van der Waals surface area contributed by atoms with Gasteiger partial charge in [0.2, 0.25) is 11.8 Å². The van der Waals surface area contributed by atoms with Gasteiger partial charge in [-0.25, -0.2) is 4.98 Å². The third-order valence-corrected chi connectivity index (χ3v) is 4.65. The molecule has 0 saturated heterocycles. The zero-order chi connectivity index (χ0) is 18.9. The van der Waals surface area contributed by atoms with E-state index < -0.39 is 6.04 Å². The van der Waals surface area contributed by atoms with Crippen LogP contribution in [-0.4, -0.2) is 22.8 Å². The number of anilines is 1. The van der Waals surface area contributed by atoms with Crippen LogP contribution >= 0.6 is 11.3 Å². The fourth-order valence-corrected chi connectivity index (χ4v) is 2.94. The molecule has 0 radical (unpaired) electrons. The molecular formula is C19H21N3O3S. The Balaban J connectivity index is 1.69. The number of nitrogens with one attached hydrogen (secondary N) is 2. The summed E-state index contributed by atoms with van der Waals surface area (Å²) >= 11 is 1.33. The lowest BCUT2D eigenvalue weighted by Gasteiger charge is -2.13.